The highest BCUT2D eigenvalue weighted by Gasteiger charge is 2.30. The van der Waals surface area contributed by atoms with Crippen molar-refractivity contribution in [3.63, 3.8) is 0 Å². The largest absolute Gasteiger partial charge is 0.496 e. The molecule has 3 aromatic carbocycles. The van der Waals surface area contributed by atoms with E-state index in [-0.39, 0.29) is 5.91 Å². The van der Waals surface area contributed by atoms with E-state index in [1.807, 2.05) is 30.3 Å². The quantitative estimate of drug-likeness (QED) is 0.398. The van der Waals surface area contributed by atoms with Crippen molar-refractivity contribution in [2.24, 2.45) is 0 Å². The van der Waals surface area contributed by atoms with E-state index in [0.29, 0.717) is 46.4 Å². The van der Waals surface area contributed by atoms with Crippen LogP contribution in [0.3, 0.4) is 0 Å². The highest BCUT2D eigenvalue weighted by molar-refractivity contribution is 5.99. The standard InChI is InChI=1S/C26H21F3N2O2/c1-33-24-16-22(18-7-10-20(11-8-18)26(27,28)29)31-23-15-19(9-12-21(23)24)25(32)30-14-13-17-5-3-2-4-6-17/h2-12,15-16H,13-14H2,1H3,(H,30,32). The Hall–Kier alpha value is -3.87. The first kappa shape index (κ1) is 22.3. The van der Waals surface area contributed by atoms with Gasteiger partial charge < -0.3 is 10.1 Å². The maximum absolute atomic E-state index is 12.9. The summed E-state index contributed by atoms with van der Waals surface area (Å²) in [6, 6.07) is 21.4. The molecular formula is C26H21F3N2O2. The van der Waals surface area contributed by atoms with Crippen molar-refractivity contribution in [2.45, 2.75) is 12.6 Å². The maximum Gasteiger partial charge on any atom is 0.416 e. The number of hydrogen-bond donors (Lipinski definition) is 1. The lowest BCUT2D eigenvalue weighted by atomic mass is 10.0. The molecule has 0 saturated heterocycles. The summed E-state index contributed by atoms with van der Waals surface area (Å²) in [7, 11) is 1.51. The second-order valence-electron chi connectivity index (χ2n) is 7.51. The van der Waals surface area contributed by atoms with Crippen molar-refractivity contribution in [1.82, 2.24) is 10.3 Å². The summed E-state index contributed by atoms with van der Waals surface area (Å²) < 4.78 is 44.1. The molecule has 4 nitrogen and oxygen atoms in total. The Bertz CT molecular complexity index is 1270. The molecule has 33 heavy (non-hydrogen) atoms. The van der Waals surface area contributed by atoms with Gasteiger partial charge in [-0.3, -0.25) is 4.79 Å². The lowest BCUT2D eigenvalue weighted by Gasteiger charge is -2.12. The van der Waals surface area contributed by atoms with Gasteiger partial charge in [-0.2, -0.15) is 13.2 Å². The van der Waals surface area contributed by atoms with E-state index in [1.165, 1.54) is 19.2 Å². The van der Waals surface area contributed by atoms with E-state index in [2.05, 4.69) is 10.3 Å². The van der Waals surface area contributed by atoms with Crippen LogP contribution in [-0.2, 0) is 12.6 Å². The molecule has 0 saturated carbocycles. The highest BCUT2D eigenvalue weighted by atomic mass is 19.4. The van der Waals surface area contributed by atoms with Gasteiger partial charge in [-0.1, -0.05) is 42.5 Å². The molecule has 1 heterocycles. The summed E-state index contributed by atoms with van der Waals surface area (Å²) in [5, 5.41) is 3.61. The molecule has 0 aliphatic rings. The number of carbonyl (C=O) groups excluding carboxylic acids is 1. The van der Waals surface area contributed by atoms with Gasteiger partial charge in [0.1, 0.15) is 5.75 Å². The number of nitrogens with zero attached hydrogens (tertiary/aromatic N) is 1. The zero-order valence-electron chi connectivity index (χ0n) is 17.8. The van der Waals surface area contributed by atoms with Gasteiger partial charge in [0.05, 0.1) is 23.9 Å². The number of methoxy groups -OCH3 is 1. The van der Waals surface area contributed by atoms with Crippen LogP contribution in [-0.4, -0.2) is 24.5 Å². The number of amides is 1. The zero-order valence-corrected chi connectivity index (χ0v) is 17.8. The van der Waals surface area contributed by atoms with E-state index in [1.54, 1.807) is 24.3 Å². The Labute approximate surface area is 189 Å². The fourth-order valence-electron chi connectivity index (χ4n) is 3.55. The number of aromatic nitrogens is 1. The third kappa shape index (κ3) is 5.14. The molecule has 4 rings (SSSR count). The number of fused-ring (bicyclic) bond motifs is 1. The summed E-state index contributed by atoms with van der Waals surface area (Å²) in [6.45, 7) is 0.489. The van der Waals surface area contributed by atoms with Crippen molar-refractivity contribution < 1.29 is 22.7 Å². The van der Waals surface area contributed by atoms with Crippen LogP contribution >= 0.6 is 0 Å². The molecule has 0 unspecified atom stereocenters. The SMILES string of the molecule is COc1cc(-c2ccc(C(F)(F)F)cc2)nc2cc(C(=O)NCCc3ccccc3)ccc12. The van der Waals surface area contributed by atoms with Crippen LogP contribution in [0.2, 0.25) is 0 Å². The lowest BCUT2D eigenvalue weighted by molar-refractivity contribution is -0.137. The summed E-state index contributed by atoms with van der Waals surface area (Å²) in [5.74, 6) is 0.291. The van der Waals surface area contributed by atoms with E-state index in [0.717, 1.165) is 17.7 Å². The smallest absolute Gasteiger partial charge is 0.416 e. The van der Waals surface area contributed by atoms with E-state index in [9.17, 15) is 18.0 Å². The van der Waals surface area contributed by atoms with Gasteiger partial charge >= 0.3 is 6.18 Å². The van der Waals surface area contributed by atoms with Crippen LogP contribution < -0.4 is 10.1 Å². The van der Waals surface area contributed by atoms with Crippen LogP contribution in [0.1, 0.15) is 21.5 Å². The number of hydrogen-bond acceptors (Lipinski definition) is 3. The molecule has 1 aromatic heterocycles. The van der Waals surface area contributed by atoms with Crippen molar-refractivity contribution in [1.29, 1.82) is 0 Å². The van der Waals surface area contributed by atoms with Crippen molar-refractivity contribution in [3.05, 3.63) is 95.6 Å². The molecular weight excluding hydrogens is 429 g/mol. The van der Waals surface area contributed by atoms with Crippen LogP contribution in [0.5, 0.6) is 5.75 Å². The minimum Gasteiger partial charge on any atom is -0.496 e. The van der Waals surface area contributed by atoms with Gasteiger partial charge in [-0.25, -0.2) is 4.98 Å². The van der Waals surface area contributed by atoms with Crippen molar-refractivity contribution >= 4 is 16.8 Å². The second kappa shape index (κ2) is 9.32. The lowest BCUT2D eigenvalue weighted by Crippen LogP contribution is -2.25. The monoisotopic (exact) mass is 450 g/mol. The number of carbonyl (C=O) groups is 1. The Balaban J connectivity index is 1.59. The number of benzene rings is 3. The molecule has 0 spiro atoms. The van der Waals surface area contributed by atoms with Gasteiger partial charge in [-0.05, 0) is 42.3 Å². The van der Waals surface area contributed by atoms with E-state index in [4.69, 9.17) is 4.74 Å². The van der Waals surface area contributed by atoms with Gasteiger partial charge in [0, 0.05) is 29.1 Å². The van der Waals surface area contributed by atoms with Crippen molar-refractivity contribution in [3.8, 4) is 17.0 Å². The predicted octanol–water partition coefficient (Wildman–Crippen LogP) is 5.90. The molecule has 0 radical (unpaired) electrons. The average Bonchev–Trinajstić information content (AvgIpc) is 2.83. The number of nitrogens with one attached hydrogen (secondary N) is 1. The molecule has 1 N–H and O–H groups in total. The number of ether oxygens (including phenoxy) is 1. The molecule has 0 aliphatic heterocycles. The zero-order chi connectivity index (χ0) is 23.4. The summed E-state index contributed by atoms with van der Waals surface area (Å²) in [5.41, 5.74) is 2.32. The number of halogens is 3. The van der Waals surface area contributed by atoms with Gasteiger partial charge in [-0.15, -0.1) is 0 Å². The van der Waals surface area contributed by atoms with E-state index >= 15 is 0 Å². The normalized spacial score (nSPS) is 11.4. The Morgan fingerprint density at radius 2 is 1.70 bits per heavy atom. The third-order valence-corrected chi connectivity index (χ3v) is 5.30. The third-order valence-electron chi connectivity index (χ3n) is 5.30. The fourth-order valence-corrected chi connectivity index (χ4v) is 3.55. The number of alkyl halides is 3. The van der Waals surface area contributed by atoms with Crippen molar-refractivity contribution in [2.75, 3.05) is 13.7 Å². The molecule has 0 atom stereocenters. The maximum atomic E-state index is 12.9. The minimum atomic E-state index is -4.41. The first-order chi connectivity index (χ1) is 15.8. The van der Waals surface area contributed by atoms with Crippen LogP contribution in [0.15, 0.2) is 78.9 Å². The Morgan fingerprint density at radius 3 is 2.36 bits per heavy atom. The van der Waals surface area contributed by atoms with Gasteiger partial charge in [0.15, 0.2) is 0 Å². The van der Waals surface area contributed by atoms with Gasteiger partial charge in [0.25, 0.3) is 5.91 Å². The Kier molecular flexibility index (Phi) is 6.31. The van der Waals surface area contributed by atoms with Crippen LogP contribution in [0.25, 0.3) is 22.2 Å². The second-order valence-corrected chi connectivity index (χ2v) is 7.51. The summed E-state index contributed by atoms with van der Waals surface area (Å²) in [4.78, 5) is 17.2. The van der Waals surface area contributed by atoms with Crippen LogP contribution in [0.4, 0.5) is 13.2 Å². The molecule has 0 aliphatic carbocycles. The first-order valence-corrected chi connectivity index (χ1v) is 10.3. The molecule has 4 aromatic rings. The first-order valence-electron chi connectivity index (χ1n) is 10.3. The van der Waals surface area contributed by atoms with Crippen LogP contribution in [0, 0.1) is 0 Å². The molecule has 7 heteroatoms. The van der Waals surface area contributed by atoms with Gasteiger partial charge in [0.2, 0.25) is 0 Å². The molecule has 168 valence electrons. The molecule has 1 amide bonds. The summed E-state index contributed by atoms with van der Waals surface area (Å²) >= 11 is 0. The molecule has 0 fully saturated rings. The average molecular weight is 450 g/mol. The van der Waals surface area contributed by atoms with E-state index < -0.39 is 11.7 Å². The topological polar surface area (TPSA) is 51.2 Å². The highest BCUT2D eigenvalue weighted by Crippen LogP contribution is 2.33. The predicted molar refractivity (Wildman–Crippen MR) is 121 cm³/mol. The minimum absolute atomic E-state index is 0.228. The molecule has 0 bridgehead atoms. The fraction of sp³-hybridized carbons (Fsp3) is 0.154. The summed E-state index contributed by atoms with van der Waals surface area (Å²) in [6.07, 6.45) is -3.69. The Morgan fingerprint density at radius 1 is 0.970 bits per heavy atom. The number of pyridine rings is 1. The number of rotatable bonds is 6.